The van der Waals surface area contributed by atoms with Crippen LogP contribution >= 0.6 is 0 Å². The van der Waals surface area contributed by atoms with E-state index in [0.29, 0.717) is 18.8 Å². The van der Waals surface area contributed by atoms with E-state index in [0.717, 1.165) is 30.9 Å². The lowest BCUT2D eigenvalue weighted by Gasteiger charge is -2.34. The molecule has 3 rings (SSSR count). The Morgan fingerprint density at radius 2 is 1.83 bits per heavy atom. The first-order valence-electron chi connectivity index (χ1n) is 7.79. The minimum absolute atomic E-state index is 0.00451. The maximum absolute atomic E-state index is 12.9. The molecule has 122 valence electrons. The van der Waals surface area contributed by atoms with Crippen molar-refractivity contribution in [1.82, 2.24) is 19.6 Å². The Hall–Kier alpha value is -2.21. The molecular formula is C17H21FN4O. The number of amides is 1. The van der Waals surface area contributed by atoms with Crippen molar-refractivity contribution in [2.45, 2.75) is 13.5 Å². The molecule has 6 heteroatoms. The summed E-state index contributed by atoms with van der Waals surface area (Å²) in [6.45, 7) is 5.73. The number of halogens is 1. The molecule has 1 amide bonds. The van der Waals surface area contributed by atoms with Gasteiger partial charge in [0.1, 0.15) is 5.82 Å². The molecule has 1 aliphatic heterocycles. The first kappa shape index (κ1) is 15.7. The predicted molar refractivity (Wildman–Crippen MR) is 85.5 cm³/mol. The number of hydrogen-bond donors (Lipinski definition) is 0. The molecule has 0 radical (unpaired) electrons. The maximum Gasteiger partial charge on any atom is 0.274 e. The Morgan fingerprint density at radius 3 is 2.39 bits per heavy atom. The normalized spacial score (nSPS) is 15.9. The molecule has 1 fully saturated rings. The maximum atomic E-state index is 12.9. The molecule has 0 N–H and O–H groups in total. The number of piperazine rings is 1. The number of aromatic nitrogens is 2. The summed E-state index contributed by atoms with van der Waals surface area (Å²) in [6.07, 6.45) is 0. The van der Waals surface area contributed by atoms with Crippen molar-refractivity contribution in [1.29, 1.82) is 0 Å². The van der Waals surface area contributed by atoms with Crippen molar-refractivity contribution in [2.24, 2.45) is 7.05 Å². The Labute approximate surface area is 135 Å². The zero-order valence-corrected chi connectivity index (χ0v) is 13.5. The molecule has 23 heavy (non-hydrogen) atoms. The zero-order valence-electron chi connectivity index (χ0n) is 13.5. The molecule has 2 heterocycles. The average Bonchev–Trinajstić information content (AvgIpc) is 2.89. The zero-order chi connectivity index (χ0) is 16.4. The van der Waals surface area contributed by atoms with Crippen LogP contribution in [0.3, 0.4) is 0 Å². The van der Waals surface area contributed by atoms with E-state index in [9.17, 15) is 9.18 Å². The second kappa shape index (κ2) is 6.50. The summed E-state index contributed by atoms with van der Waals surface area (Å²) in [5.41, 5.74) is 2.58. The van der Waals surface area contributed by atoms with Gasteiger partial charge in [0.05, 0.1) is 0 Å². The molecule has 0 bridgehead atoms. The number of carbonyl (C=O) groups is 1. The van der Waals surface area contributed by atoms with Crippen LogP contribution in [0.25, 0.3) is 0 Å². The highest BCUT2D eigenvalue weighted by molar-refractivity contribution is 5.92. The van der Waals surface area contributed by atoms with Gasteiger partial charge in [-0.25, -0.2) is 4.39 Å². The molecule has 1 aromatic carbocycles. The van der Waals surface area contributed by atoms with Crippen LogP contribution in [0.2, 0.25) is 0 Å². The lowest BCUT2D eigenvalue weighted by atomic mass is 10.2. The van der Waals surface area contributed by atoms with Crippen molar-refractivity contribution < 1.29 is 9.18 Å². The van der Waals surface area contributed by atoms with Crippen molar-refractivity contribution >= 4 is 5.91 Å². The molecular weight excluding hydrogens is 295 g/mol. The topological polar surface area (TPSA) is 41.4 Å². The molecule has 1 aromatic heterocycles. The number of benzene rings is 1. The highest BCUT2D eigenvalue weighted by atomic mass is 19.1. The molecule has 0 unspecified atom stereocenters. The van der Waals surface area contributed by atoms with Gasteiger partial charge in [-0.1, -0.05) is 12.1 Å². The fourth-order valence-electron chi connectivity index (χ4n) is 2.78. The number of aryl methyl sites for hydroxylation is 2. The summed E-state index contributed by atoms with van der Waals surface area (Å²) >= 11 is 0. The van der Waals surface area contributed by atoms with Gasteiger partial charge in [-0.05, 0) is 30.7 Å². The summed E-state index contributed by atoms with van der Waals surface area (Å²) < 4.78 is 14.7. The van der Waals surface area contributed by atoms with E-state index in [1.54, 1.807) is 4.68 Å². The van der Waals surface area contributed by atoms with Crippen LogP contribution in [-0.4, -0.2) is 51.7 Å². The van der Waals surface area contributed by atoms with E-state index in [1.165, 1.54) is 12.1 Å². The number of nitrogens with zero attached hydrogens (tertiary/aromatic N) is 4. The first-order valence-corrected chi connectivity index (χ1v) is 7.79. The van der Waals surface area contributed by atoms with E-state index in [4.69, 9.17) is 0 Å². The van der Waals surface area contributed by atoms with Gasteiger partial charge in [-0.3, -0.25) is 14.4 Å². The van der Waals surface area contributed by atoms with Gasteiger partial charge < -0.3 is 4.90 Å². The van der Waals surface area contributed by atoms with Crippen molar-refractivity contribution in [2.75, 3.05) is 26.2 Å². The Bertz CT molecular complexity index is 668. The minimum Gasteiger partial charge on any atom is -0.335 e. The van der Waals surface area contributed by atoms with Gasteiger partial charge in [0.15, 0.2) is 5.69 Å². The molecule has 2 aromatic rings. The van der Waals surface area contributed by atoms with Crippen molar-refractivity contribution in [3.8, 4) is 0 Å². The van der Waals surface area contributed by atoms with Crippen molar-refractivity contribution in [3.05, 3.63) is 53.1 Å². The third kappa shape index (κ3) is 3.59. The molecule has 5 nitrogen and oxygen atoms in total. The summed E-state index contributed by atoms with van der Waals surface area (Å²) in [4.78, 5) is 16.6. The van der Waals surface area contributed by atoms with Gasteiger partial charge in [0, 0.05) is 45.5 Å². The lowest BCUT2D eigenvalue weighted by molar-refractivity contribution is 0.0622. The Kier molecular flexibility index (Phi) is 4.43. The summed E-state index contributed by atoms with van der Waals surface area (Å²) in [5, 5.41) is 4.26. The molecule has 0 atom stereocenters. The van der Waals surface area contributed by atoms with Crippen LogP contribution in [-0.2, 0) is 13.6 Å². The first-order chi connectivity index (χ1) is 11.0. The van der Waals surface area contributed by atoms with Gasteiger partial charge in [0.25, 0.3) is 5.91 Å². The number of hydrogen-bond acceptors (Lipinski definition) is 3. The third-order valence-corrected chi connectivity index (χ3v) is 4.31. The largest absolute Gasteiger partial charge is 0.335 e. The Balaban J connectivity index is 1.55. The van der Waals surface area contributed by atoms with Crippen LogP contribution < -0.4 is 0 Å². The third-order valence-electron chi connectivity index (χ3n) is 4.31. The Morgan fingerprint density at radius 1 is 1.17 bits per heavy atom. The lowest BCUT2D eigenvalue weighted by Crippen LogP contribution is -2.48. The minimum atomic E-state index is -0.213. The molecule has 1 aliphatic rings. The van der Waals surface area contributed by atoms with Gasteiger partial charge >= 0.3 is 0 Å². The number of rotatable bonds is 3. The van der Waals surface area contributed by atoms with Crippen molar-refractivity contribution in [3.63, 3.8) is 0 Å². The monoisotopic (exact) mass is 316 g/mol. The van der Waals surface area contributed by atoms with Crippen LogP contribution in [0.15, 0.2) is 30.3 Å². The second-order valence-corrected chi connectivity index (χ2v) is 5.99. The van der Waals surface area contributed by atoms with E-state index < -0.39 is 0 Å². The average molecular weight is 316 g/mol. The smallest absolute Gasteiger partial charge is 0.274 e. The van der Waals surface area contributed by atoms with Crippen LogP contribution in [0, 0.1) is 12.7 Å². The fourth-order valence-corrected chi connectivity index (χ4v) is 2.78. The predicted octanol–water partition coefficient (Wildman–Crippen LogP) is 1.83. The summed E-state index contributed by atoms with van der Waals surface area (Å²) in [5.74, 6) is -0.218. The van der Waals surface area contributed by atoms with Gasteiger partial charge in [-0.2, -0.15) is 5.10 Å². The summed E-state index contributed by atoms with van der Waals surface area (Å²) in [7, 11) is 1.84. The van der Waals surface area contributed by atoms with E-state index >= 15 is 0 Å². The SMILES string of the molecule is Cc1cc(C(=O)N2CCN(Cc3ccc(F)cc3)CC2)nn1C. The highest BCUT2D eigenvalue weighted by Gasteiger charge is 2.24. The molecule has 1 saturated heterocycles. The van der Waals surface area contributed by atoms with E-state index in [-0.39, 0.29) is 11.7 Å². The van der Waals surface area contributed by atoms with Crippen LogP contribution in [0.4, 0.5) is 4.39 Å². The van der Waals surface area contributed by atoms with Crippen LogP contribution in [0.1, 0.15) is 21.7 Å². The summed E-state index contributed by atoms with van der Waals surface area (Å²) in [6, 6.07) is 8.41. The number of carbonyl (C=O) groups excluding carboxylic acids is 1. The van der Waals surface area contributed by atoms with E-state index in [2.05, 4.69) is 10.00 Å². The van der Waals surface area contributed by atoms with E-state index in [1.807, 2.05) is 37.1 Å². The second-order valence-electron chi connectivity index (χ2n) is 5.99. The quantitative estimate of drug-likeness (QED) is 0.867. The standard InChI is InChI=1S/C17H21FN4O/c1-13-11-16(19-20(13)2)17(23)22-9-7-21(8-10-22)12-14-3-5-15(18)6-4-14/h3-6,11H,7-10,12H2,1-2H3. The molecule has 0 spiro atoms. The highest BCUT2D eigenvalue weighted by Crippen LogP contribution is 2.12. The fraction of sp³-hybridized carbons (Fsp3) is 0.412. The molecule has 0 aliphatic carbocycles. The van der Waals surface area contributed by atoms with Gasteiger partial charge in [0.2, 0.25) is 0 Å². The van der Waals surface area contributed by atoms with Crippen LogP contribution in [0.5, 0.6) is 0 Å². The molecule has 0 saturated carbocycles. The van der Waals surface area contributed by atoms with Gasteiger partial charge in [-0.15, -0.1) is 0 Å².